The molecule has 8 nitrogen and oxygen atoms in total. The molecule has 1 aliphatic heterocycles. The van der Waals surface area contributed by atoms with E-state index in [1.54, 1.807) is 24.3 Å². The number of carbonyl (C=O) groups is 3. The summed E-state index contributed by atoms with van der Waals surface area (Å²) >= 11 is 0. The third-order valence-corrected chi connectivity index (χ3v) is 5.52. The van der Waals surface area contributed by atoms with Gasteiger partial charge in [-0.2, -0.15) is 0 Å². The molecule has 3 rings (SSSR count). The molecule has 4 N–H and O–H groups in total. The van der Waals surface area contributed by atoms with Gasteiger partial charge in [-0.05, 0) is 48.4 Å². The van der Waals surface area contributed by atoms with Gasteiger partial charge in [0.15, 0.2) is 0 Å². The summed E-state index contributed by atoms with van der Waals surface area (Å²) in [6.07, 6.45) is 0.380. The van der Waals surface area contributed by atoms with Crippen molar-refractivity contribution in [2.45, 2.75) is 19.9 Å². The summed E-state index contributed by atoms with van der Waals surface area (Å²) in [5.41, 5.74) is 1.45. The lowest BCUT2D eigenvalue weighted by atomic mass is 9.87. The second-order valence-electron chi connectivity index (χ2n) is 8.26. The summed E-state index contributed by atoms with van der Waals surface area (Å²) in [5.74, 6) is -1.63. The maximum Gasteiger partial charge on any atom is 0.228 e. The van der Waals surface area contributed by atoms with E-state index in [4.69, 9.17) is 0 Å². The largest absolute Gasteiger partial charge is 0.508 e. The fraction of sp³-hybridized carbons (Fsp3) is 0.375. The highest BCUT2D eigenvalue weighted by Crippen LogP contribution is 2.26. The zero-order chi connectivity index (χ0) is 23.8. The molecular formula is C24H29FN4O4. The minimum absolute atomic E-state index is 0.167. The van der Waals surface area contributed by atoms with Crippen LogP contribution in [0, 0.1) is 17.7 Å². The van der Waals surface area contributed by atoms with Crippen LogP contribution in [-0.2, 0) is 20.9 Å². The maximum absolute atomic E-state index is 13.2. The molecule has 2 atom stereocenters. The molecule has 0 aromatic heterocycles. The van der Waals surface area contributed by atoms with Crippen LogP contribution >= 0.6 is 0 Å². The molecule has 0 radical (unpaired) electrons. The second-order valence-corrected chi connectivity index (χ2v) is 8.26. The molecule has 1 fully saturated rings. The van der Waals surface area contributed by atoms with Gasteiger partial charge in [0.05, 0.1) is 11.8 Å². The molecule has 1 aliphatic rings. The summed E-state index contributed by atoms with van der Waals surface area (Å²) in [7, 11) is 0. The predicted molar refractivity (Wildman–Crippen MR) is 122 cm³/mol. The number of aromatic hydroxyl groups is 1. The average molecular weight is 457 g/mol. The van der Waals surface area contributed by atoms with Crippen molar-refractivity contribution in [1.29, 1.82) is 0 Å². The molecule has 1 saturated heterocycles. The summed E-state index contributed by atoms with van der Waals surface area (Å²) in [6.45, 7) is 3.51. The topological polar surface area (TPSA) is 111 Å². The molecule has 0 aliphatic carbocycles. The minimum Gasteiger partial charge on any atom is -0.508 e. The molecule has 2 aromatic rings. The lowest BCUT2D eigenvalue weighted by Crippen LogP contribution is -2.49. The lowest BCUT2D eigenvalue weighted by molar-refractivity contribution is -0.130. The molecule has 3 amide bonds. The molecule has 0 bridgehead atoms. The highest BCUT2D eigenvalue weighted by atomic mass is 19.1. The SMILES string of the molecule is CC(=O)NCCNC(=O)[C@H]1C[C@@H](C(=O)Nc2ccc(F)cc2)CN(Cc2ccc(O)cc2)C1. The van der Waals surface area contributed by atoms with Crippen molar-refractivity contribution in [2.24, 2.45) is 11.8 Å². The van der Waals surface area contributed by atoms with E-state index in [0.29, 0.717) is 44.8 Å². The Balaban J connectivity index is 1.67. The van der Waals surface area contributed by atoms with Gasteiger partial charge in [-0.3, -0.25) is 19.3 Å². The molecule has 2 aromatic carbocycles. The lowest BCUT2D eigenvalue weighted by Gasteiger charge is -2.36. The van der Waals surface area contributed by atoms with Gasteiger partial charge in [0.25, 0.3) is 0 Å². The van der Waals surface area contributed by atoms with Gasteiger partial charge >= 0.3 is 0 Å². The Kier molecular flexibility index (Phi) is 8.37. The Morgan fingerprint density at radius 3 is 2.18 bits per heavy atom. The summed E-state index contributed by atoms with van der Waals surface area (Å²) < 4.78 is 13.2. The molecule has 1 heterocycles. The van der Waals surface area contributed by atoms with Crippen molar-refractivity contribution < 1.29 is 23.9 Å². The van der Waals surface area contributed by atoms with E-state index in [-0.39, 0.29) is 29.3 Å². The number of carbonyl (C=O) groups excluding carboxylic acids is 3. The number of benzene rings is 2. The van der Waals surface area contributed by atoms with Crippen LogP contribution < -0.4 is 16.0 Å². The Morgan fingerprint density at radius 1 is 0.939 bits per heavy atom. The van der Waals surface area contributed by atoms with Crippen molar-refractivity contribution in [3.63, 3.8) is 0 Å². The molecule has 0 spiro atoms. The van der Waals surface area contributed by atoms with Crippen molar-refractivity contribution in [3.8, 4) is 5.75 Å². The number of hydrogen-bond donors (Lipinski definition) is 4. The number of amides is 3. The van der Waals surface area contributed by atoms with Crippen LogP contribution in [0.5, 0.6) is 5.75 Å². The van der Waals surface area contributed by atoms with E-state index < -0.39 is 11.8 Å². The monoisotopic (exact) mass is 456 g/mol. The van der Waals surface area contributed by atoms with Crippen molar-refractivity contribution in [3.05, 3.63) is 59.9 Å². The van der Waals surface area contributed by atoms with E-state index >= 15 is 0 Å². The molecule has 9 heteroatoms. The van der Waals surface area contributed by atoms with E-state index in [9.17, 15) is 23.9 Å². The van der Waals surface area contributed by atoms with E-state index in [0.717, 1.165) is 5.56 Å². The number of nitrogens with zero attached hydrogens (tertiary/aromatic N) is 1. The van der Waals surface area contributed by atoms with E-state index in [1.165, 1.54) is 31.2 Å². The average Bonchev–Trinajstić information content (AvgIpc) is 2.79. The predicted octanol–water partition coefficient (Wildman–Crippen LogP) is 1.86. The van der Waals surface area contributed by atoms with Crippen molar-refractivity contribution in [2.75, 3.05) is 31.5 Å². The number of nitrogens with one attached hydrogen (secondary N) is 3. The zero-order valence-corrected chi connectivity index (χ0v) is 18.5. The first kappa shape index (κ1) is 24.2. The summed E-state index contributed by atoms with van der Waals surface area (Å²) in [5, 5.41) is 17.8. The van der Waals surface area contributed by atoms with E-state index in [2.05, 4.69) is 16.0 Å². The van der Waals surface area contributed by atoms with Gasteiger partial charge in [-0.15, -0.1) is 0 Å². The molecular weight excluding hydrogens is 427 g/mol. The standard InChI is InChI=1S/C24H29FN4O4/c1-16(30)26-10-11-27-23(32)18-12-19(24(33)28-21-6-4-20(25)5-7-21)15-29(14-18)13-17-2-8-22(31)9-3-17/h2-9,18-19,31H,10-15H2,1H3,(H,26,30)(H,27,32)(H,28,33)/t18-,19+/m0/s1. The number of likely N-dealkylation sites (tertiary alicyclic amines) is 1. The Labute approximate surface area is 192 Å². The first-order chi connectivity index (χ1) is 15.8. The third kappa shape index (κ3) is 7.57. The van der Waals surface area contributed by atoms with Crippen LogP contribution in [-0.4, -0.2) is 53.9 Å². The van der Waals surface area contributed by atoms with E-state index in [1.807, 2.05) is 4.90 Å². The first-order valence-corrected chi connectivity index (χ1v) is 10.9. The number of phenolic OH excluding ortho intramolecular Hbond substituents is 1. The number of piperidine rings is 1. The van der Waals surface area contributed by atoms with Gasteiger partial charge in [0, 0.05) is 45.3 Å². The van der Waals surface area contributed by atoms with Crippen molar-refractivity contribution in [1.82, 2.24) is 15.5 Å². The van der Waals surface area contributed by atoms with Crippen molar-refractivity contribution >= 4 is 23.4 Å². The smallest absolute Gasteiger partial charge is 0.228 e. The molecule has 0 unspecified atom stereocenters. The Hall–Kier alpha value is -3.46. The van der Waals surface area contributed by atoms with Crippen LogP contribution in [0.2, 0.25) is 0 Å². The number of rotatable bonds is 8. The van der Waals surface area contributed by atoms with Crippen LogP contribution in [0.3, 0.4) is 0 Å². The Morgan fingerprint density at radius 2 is 1.55 bits per heavy atom. The highest BCUT2D eigenvalue weighted by Gasteiger charge is 2.35. The Bertz CT molecular complexity index is 965. The minimum atomic E-state index is -0.438. The number of phenols is 1. The van der Waals surface area contributed by atoms with Crippen LogP contribution in [0.15, 0.2) is 48.5 Å². The second kappa shape index (κ2) is 11.4. The zero-order valence-electron chi connectivity index (χ0n) is 18.5. The van der Waals surface area contributed by atoms with Crippen LogP contribution in [0.25, 0.3) is 0 Å². The van der Waals surface area contributed by atoms with Crippen LogP contribution in [0.4, 0.5) is 10.1 Å². The van der Waals surface area contributed by atoms with Gasteiger partial charge in [-0.25, -0.2) is 4.39 Å². The van der Waals surface area contributed by atoms with Gasteiger partial charge in [-0.1, -0.05) is 12.1 Å². The van der Waals surface area contributed by atoms with Gasteiger partial charge < -0.3 is 21.1 Å². The van der Waals surface area contributed by atoms with Crippen LogP contribution in [0.1, 0.15) is 18.9 Å². The first-order valence-electron chi connectivity index (χ1n) is 10.9. The van der Waals surface area contributed by atoms with Gasteiger partial charge in [0.1, 0.15) is 11.6 Å². The molecule has 176 valence electrons. The quantitative estimate of drug-likeness (QED) is 0.453. The fourth-order valence-electron chi connectivity index (χ4n) is 3.91. The maximum atomic E-state index is 13.2. The summed E-state index contributed by atoms with van der Waals surface area (Å²) in [4.78, 5) is 38.8. The molecule has 33 heavy (non-hydrogen) atoms. The number of hydrogen-bond acceptors (Lipinski definition) is 5. The number of halogens is 1. The molecule has 0 saturated carbocycles. The normalized spacial score (nSPS) is 18.4. The number of anilines is 1. The van der Waals surface area contributed by atoms with Gasteiger partial charge in [0.2, 0.25) is 17.7 Å². The fourth-order valence-corrected chi connectivity index (χ4v) is 3.91. The third-order valence-electron chi connectivity index (χ3n) is 5.52. The summed E-state index contributed by atoms with van der Waals surface area (Å²) in [6, 6.07) is 12.4. The highest BCUT2D eigenvalue weighted by molar-refractivity contribution is 5.93.